The van der Waals surface area contributed by atoms with E-state index >= 15 is 0 Å². The minimum atomic E-state index is -0.560. The second-order valence-corrected chi connectivity index (χ2v) is 6.88. The van der Waals surface area contributed by atoms with E-state index in [2.05, 4.69) is 15.2 Å². The highest BCUT2D eigenvalue weighted by Crippen LogP contribution is 2.27. The van der Waals surface area contributed by atoms with E-state index in [9.17, 15) is 13.6 Å². The summed E-state index contributed by atoms with van der Waals surface area (Å²) in [4.78, 5) is 18.4. The third-order valence-corrected chi connectivity index (χ3v) is 5.16. The molecule has 1 aliphatic heterocycles. The van der Waals surface area contributed by atoms with Gasteiger partial charge in [-0.05, 0) is 19.1 Å². The predicted molar refractivity (Wildman–Crippen MR) is 92.4 cm³/mol. The molecule has 0 unspecified atom stereocenters. The molecule has 0 atom stereocenters. The van der Waals surface area contributed by atoms with Crippen molar-refractivity contribution in [3.05, 3.63) is 46.2 Å². The van der Waals surface area contributed by atoms with Gasteiger partial charge in [-0.1, -0.05) is 22.9 Å². The van der Waals surface area contributed by atoms with Gasteiger partial charge < -0.3 is 9.47 Å². The van der Waals surface area contributed by atoms with E-state index in [0.29, 0.717) is 41.0 Å². The Hall–Kier alpha value is -2.62. The third-order valence-electron chi connectivity index (χ3n) is 4.21. The van der Waals surface area contributed by atoms with Crippen LogP contribution in [-0.4, -0.2) is 44.9 Å². The van der Waals surface area contributed by atoms with Gasteiger partial charge in [-0.3, -0.25) is 4.79 Å². The second-order valence-electron chi connectivity index (χ2n) is 5.93. The number of hydrogen-bond donors (Lipinski definition) is 0. The van der Waals surface area contributed by atoms with Gasteiger partial charge >= 0.3 is 0 Å². The average Bonchev–Trinajstić information content (AvgIpc) is 3.19. The molecule has 1 amide bonds. The van der Waals surface area contributed by atoms with Crippen LogP contribution >= 0.6 is 11.3 Å². The first-order valence-corrected chi connectivity index (χ1v) is 8.65. The van der Waals surface area contributed by atoms with Gasteiger partial charge in [0.15, 0.2) is 21.8 Å². The minimum absolute atomic E-state index is 0.0699. The highest BCUT2D eigenvalue weighted by atomic mass is 32.1. The number of thiazole rings is 1. The molecule has 130 valence electrons. The normalized spacial score (nSPS) is 13.7. The molecular formula is C16H12BF2N5OS. The lowest BCUT2D eigenvalue weighted by Gasteiger charge is -2.27. The Morgan fingerprint density at radius 2 is 2.08 bits per heavy atom. The van der Waals surface area contributed by atoms with Gasteiger partial charge in [-0.25, -0.2) is 9.37 Å². The Balaban J connectivity index is 1.59. The molecule has 0 saturated carbocycles. The number of amides is 1. The van der Waals surface area contributed by atoms with Crippen molar-refractivity contribution in [2.24, 2.45) is 0 Å². The van der Waals surface area contributed by atoms with Crippen LogP contribution in [0, 0.1) is 17.9 Å². The number of aromatic nitrogens is 4. The molecule has 0 bridgehead atoms. The van der Waals surface area contributed by atoms with Crippen LogP contribution in [0.4, 0.5) is 8.78 Å². The molecule has 0 fully saturated rings. The fraction of sp³-hybridized carbons (Fsp3) is 0.250. The van der Waals surface area contributed by atoms with Gasteiger partial charge in [0, 0.05) is 18.7 Å². The van der Waals surface area contributed by atoms with Crippen molar-refractivity contribution >= 4 is 30.6 Å². The summed E-state index contributed by atoms with van der Waals surface area (Å²) in [5.74, 6) is 0.261. The molecule has 6 nitrogen and oxygen atoms in total. The number of carbonyl (C=O) groups is 1. The number of nitrogens with zero attached hydrogens (tertiary/aromatic N) is 5. The Bertz CT molecular complexity index is 999. The Kier molecular flexibility index (Phi) is 4.06. The fourth-order valence-electron chi connectivity index (χ4n) is 2.82. The number of fused-ring (bicyclic) bond motifs is 1. The standard InChI is InChI=1S/C16H12BF2N5OS/c1-8-13(19)26-15(20-8)14-22-21-12-7-23(4-5-24(12)14)16(25)9-2-3-11(18)10(17)6-9/h2-3,6H,4-5,7H2,1H3. The molecule has 0 saturated heterocycles. The van der Waals surface area contributed by atoms with Crippen LogP contribution < -0.4 is 5.46 Å². The molecule has 26 heavy (non-hydrogen) atoms. The topological polar surface area (TPSA) is 63.9 Å². The number of hydrogen-bond acceptors (Lipinski definition) is 5. The lowest BCUT2D eigenvalue weighted by atomic mass is 9.93. The van der Waals surface area contributed by atoms with Crippen molar-refractivity contribution in [1.82, 2.24) is 24.6 Å². The van der Waals surface area contributed by atoms with E-state index in [1.54, 1.807) is 11.8 Å². The zero-order valence-corrected chi connectivity index (χ0v) is 14.6. The lowest BCUT2D eigenvalue weighted by molar-refractivity contribution is 0.0708. The average molecular weight is 371 g/mol. The molecule has 0 aliphatic carbocycles. The van der Waals surface area contributed by atoms with Gasteiger partial charge in [-0.15, -0.1) is 10.2 Å². The van der Waals surface area contributed by atoms with E-state index in [1.807, 2.05) is 4.57 Å². The van der Waals surface area contributed by atoms with Crippen LogP contribution in [-0.2, 0) is 13.1 Å². The largest absolute Gasteiger partial charge is 0.329 e. The third kappa shape index (κ3) is 2.80. The van der Waals surface area contributed by atoms with Crippen LogP contribution in [0.15, 0.2) is 18.2 Å². The fourth-order valence-corrected chi connectivity index (χ4v) is 3.61. The molecule has 2 radical (unpaired) electrons. The van der Waals surface area contributed by atoms with Crippen molar-refractivity contribution in [3.8, 4) is 10.8 Å². The Labute approximate surface area is 152 Å². The van der Waals surface area contributed by atoms with Crippen LogP contribution in [0.5, 0.6) is 0 Å². The summed E-state index contributed by atoms with van der Waals surface area (Å²) in [6.07, 6.45) is 0. The van der Waals surface area contributed by atoms with Gasteiger partial charge in [0.1, 0.15) is 13.7 Å². The maximum atomic E-state index is 13.6. The van der Waals surface area contributed by atoms with E-state index in [1.165, 1.54) is 18.2 Å². The molecule has 3 aromatic rings. The summed E-state index contributed by atoms with van der Waals surface area (Å²) in [5, 5.41) is 8.32. The monoisotopic (exact) mass is 371 g/mol. The summed E-state index contributed by atoms with van der Waals surface area (Å²) in [5.41, 5.74) is 0.568. The van der Waals surface area contributed by atoms with Gasteiger partial charge in [0.05, 0.1) is 12.2 Å². The zero-order chi connectivity index (χ0) is 18.4. The minimum Gasteiger partial charge on any atom is -0.329 e. The number of carbonyl (C=O) groups excluding carboxylic acids is 1. The maximum absolute atomic E-state index is 13.6. The van der Waals surface area contributed by atoms with E-state index in [4.69, 9.17) is 7.85 Å². The second kappa shape index (κ2) is 6.28. The molecule has 2 aromatic heterocycles. The molecular weight excluding hydrogens is 359 g/mol. The molecule has 0 N–H and O–H groups in total. The van der Waals surface area contributed by atoms with Gasteiger partial charge in [-0.2, -0.15) is 4.39 Å². The molecule has 0 spiro atoms. The van der Waals surface area contributed by atoms with Crippen LogP contribution in [0.1, 0.15) is 21.9 Å². The Morgan fingerprint density at radius 3 is 2.77 bits per heavy atom. The van der Waals surface area contributed by atoms with E-state index < -0.39 is 5.82 Å². The van der Waals surface area contributed by atoms with Crippen molar-refractivity contribution in [2.75, 3.05) is 6.54 Å². The molecule has 3 heterocycles. The zero-order valence-electron chi connectivity index (χ0n) is 13.7. The Morgan fingerprint density at radius 1 is 1.27 bits per heavy atom. The smallest absolute Gasteiger partial charge is 0.254 e. The lowest BCUT2D eigenvalue weighted by Crippen LogP contribution is -2.38. The van der Waals surface area contributed by atoms with Crippen molar-refractivity contribution in [3.63, 3.8) is 0 Å². The SMILES string of the molecule is [B]c1cc(C(=O)N2CCn3c(nnc3-c3nc(C)c(F)s3)C2)ccc1F. The summed E-state index contributed by atoms with van der Waals surface area (Å²) in [6, 6.07) is 3.90. The first-order valence-electron chi connectivity index (χ1n) is 7.83. The van der Waals surface area contributed by atoms with E-state index in [-0.39, 0.29) is 23.0 Å². The highest BCUT2D eigenvalue weighted by molar-refractivity contribution is 7.13. The number of aryl methyl sites for hydroxylation is 1. The van der Waals surface area contributed by atoms with Crippen molar-refractivity contribution in [1.29, 1.82) is 0 Å². The maximum Gasteiger partial charge on any atom is 0.254 e. The number of rotatable bonds is 2. The van der Waals surface area contributed by atoms with E-state index in [0.717, 1.165) is 11.3 Å². The molecule has 4 rings (SSSR count). The number of halogens is 2. The summed E-state index contributed by atoms with van der Waals surface area (Å²) >= 11 is 0.921. The van der Waals surface area contributed by atoms with Gasteiger partial charge in [0.25, 0.3) is 5.91 Å². The van der Waals surface area contributed by atoms with Gasteiger partial charge in [0.2, 0.25) is 0 Å². The highest BCUT2D eigenvalue weighted by Gasteiger charge is 2.27. The molecule has 1 aliphatic rings. The van der Waals surface area contributed by atoms with Crippen LogP contribution in [0.2, 0.25) is 0 Å². The quantitative estimate of drug-likeness (QED) is 0.640. The molecule has 1 aromatic carbocycles. The predicted octanol–water partition coefficient (Wildman–Crippen LogP) is 1.44. The van der Waals surface area contributed by atoms with Crippen LogP contribution in [0.25, 0.3) is 10.8 Å². The summed E-state index contributed by atoms with van der Waals surface area (Å²) < 4.78 is 28.7. The van der Waals surface area contributed by atoms with Crippen molar-refractivity contribution in [2.45, 2.75) is 20.0 Å². The summed E-state index contributed by atoms with van der Waals surface area (Å²) in [7, 11) is 5.54. The van der Waals surface area contributed by atoms with Crippen LogP contribution in [0.3, 0.4) is 0 Å². The first-order chi connectivity index (χ1) is 12.4. The summed E-state index contributed by atoms with van der Waals surface area (Å²) in [6.45, 7) is 2.72. The first kappa shape index (κ1) is 16.8. The number of benzene rings is 1. The molecule has 10 heteroatoms. The van der Waals surface area contributed by atoms with Crippen molar-refractivity contribution < 1.29 is 13.6 Å².